The first kappa shape index (κ1) is 19.0. The molecule has 0 fully saturated rings. The molecule has 0 aliphatic rings. The Hall–Kier alpha value is -1.04. The maximum Gasteiger partial charge on any atom is 0.333 e. The monoisotopic (exact) mass is 305 g/mol. The van der Waals surface area contributed by atoms with Gasteiger partial charge in [0.1, 0.15) is 0 Å². The normalized spacial score (nSPS) is 12.9. The summed E-state index contributed by atoms with van der Waals surface area (Å²) in [6.45, 7) is 5.28. The molecule has 2 N–H and O–H groups in total. The summed E-state index contributed by atoms with van der Waals surface area (Å²) in [6.07, 6.45) is 6.40. The molecule has 0 amide bonds. The molecule has 0 aromatic carbocycles. The molecule has 0 bridgehead atoms. The van der Waals surface area contributed by atoms with Crippen molar-refractivity contribution in [1.82, 2.24) is 4.72 Å². The van der Waals surface area contributed by atoms with Gasteiger partial charge in [-0.05, 0) is 19.8 Å². The number of carboxylic acids is 1. The first-order valence-electron chi connectivity index (χ1n) is 7.27. The van der Waals surface area contributed by atoms with E-state index in [-0.39, 0.29) is 17.0 Å². The molecule has 0 saturated carbocycles. The summed E-state index contributed by atoms with van der Waals surface area (Å²) in [7, 11) is -3.44. The third-order valence-corrected chi connectivity index (χ3v) is 4.56. The second kappa shape index (κ2) is 9.80. The van der Waals surface area contributed by atoms with E-state index in [9.17, 15) is 13.2 Å². The summed E-state index contributed by atoms with van der Waals surface area (Å²) in [5, 5.41) is 8.88. The SMILES string of the molecule is CCCCCCCCS(=O)(=O)N/C(CC)=C(\C)C(=O)O. The van der Waals surface area contributed by atoms with Crippen LogP contribution >= 0.6 is 0 Å². The minimum absolute atomic E-state index is 0.0511. The number of unbranched alkanes of at least 4 members (excludes halogenated alkanes) is 5. The third-order valence-electron chi connectivity index (χ3n) is 3.17. The molecule has 0 aromatic heterocycles. The Morgan fingerprint density at radius 2 is 1.60 bits per heavy atom. The quantitative estimate of drug-likeness (QED) is 0.454. The molecule has 0 radical (unpaired) electrons. The van der Waals surface area contributed by atoms with Gasteiger partial charge in [-0.1, -0.05) is 46.0 Å². The molecule has 0 spiro atoms. The second-order valence-electron chi connectivity index (χ2n) is 4.95. The summed E-state index contributed by atoms with van der Waals surface area (Å²) < 4.78 is 26.2. The van der Waals surface area contributed by atoms with Crippen LogP contribution in [-0.4, -0.2) is 25.2 Å². The molecule has 0 saturated heterocycles. The van der Waals surface area contributed by atoms with Gasteiger partial charge in [-0.15, -0.1) is 0 Å². The van der Waals surface area contributed by atoms with Crippen LogP contribution in [0.5, 0.6) is 0 Å². The fourth-order valence-electron chi connectivity index (χ4n) is 1.85. The van der Waals surface area contributed by atoms with Crippen molar-refractivity contribution in [3.63, 3.8) is 0 Å². The molecule has 118 valence electrons. The van der Waals surface area contributed by atoms with E-state index in [1.807, 2.05) is 0 Å². The third kappa shape index (κ3) is 8.19. The van der Waals surface area contributed by atoms with Gasteiger partial charge >= 0.3 is 5.97 Å². The van der Waals surface area contributed by atoms with Crippen molar-refractivity contribution in [2.24, 2.45) is 0 Å². The van der Waals surface area contributed by atoms with Crippen LogP contribution in [-0.2, 0) is 14.8 Å². The van der Waals surface area contributed by atoms with E-state index >= 15 is 0 Å². The van der Waals surface area contributed by atoms with Gasteiger partial charge in [0.15, 0.2) is 0 Å². The minimum atomic E-state index is -3.44. The zero-order valence-electron chi connectivity index (χ0n) is 12.7. The highest BCUT2D eigenvalue weighted by Crippen LogP contribution is 2.10. The van der Waals surface area contributed by atoms with Crippen molar-refractivity contribution in [1.29, 1.82) is 0 Å². The van der Waals surface area contributed by atoms with Gasteiger partial charge in [0, 0.05) is 5.70 Å². The Morgan fingerprint density at radius 1 is 1.05 bits per heavy atom. The van der Waals surface area contributed by atoms with Crippen LogP contribution in [0.1, 0.15) is 65.7 Å². The number of sulfonamides is 1. The lowest BCUT2D eigenvalue weighted by Gasteiger charge is -2.12. The van der Waals surface area contributed by atoms with Gasteiger partial charge in [0.05, 0.1) is 11.3 Å². The highest BCUT2D eigenvalue weighted by atomic mass is 32.2. The zero-order valence-corrected chi connectivity index (χ0v) is 13.6. The van der Waals surface area contributed by atoms with E-state index in [2.05, 4.69) is 11.6 Å². The van der Waals surface area contributed by atoms with Gasteiger partial charge in [-0.2, -0.15) is 0 Å². The lowest BCUT2D eigenvalue weighted by atomic mass is 10.1. The van der Waals surface area contributed by atoms with Crippen molar-refractivity contribution < 1.29 is 18.3 Å². The molecule has 0 unspecified atom stereocenters. The van der Waals surface area contributed by atoms with Crippen molar-refractivity contribution in [3.8, 4) is 0 Å². The second-order valence-corrected chi connectivity index (χ2v) is 6.79. The smallest absolute Gasteiger partial charge is 0.333 e. The van der Waals surface area contributed by atoms with Crippen LogP contribution in [0.15, 0.2) is 11.3 Å². The zero-order chi connectivity index (χ0) is 15.6. The van der Waals surface area contributed by atoms with Gasteiger partial charge in [0.25, 0.3) is 0 Å². The molecule has 0 aliphatic heterocycles. The summed E-state index contributed by atoms with van der Waals surface area (Å²) in [4.78, 5) is 10.9. The van der Waals surface area contributed by atoms with Crippen molar-refractivity contribution in [3.05, 3.63) is 11.3 Å². The number of carbonyl (C=O) groups is 1. The molecule has 0 aliphatic carbocycles. The first-order chi connectivity index (χ1) is 9.34. The molecule has 0 atom stereocenters. The number of nitrogens with one attached hydrogen (secondary N) is 1. The largest absolute Gasteiger partial charge is 0.478 e. The van der Waals surface area contributed by atoms with Crippen LogP contribution < -0.4 is 4.72 Å². The topological polar surface area (TPSA) is 83.5 Å². The standard InChI is InChI=1S/C14H27NO4S/c1-4-6-7-8-9-10-11-20(18,19)15-13(5-2)12(3)14(16)17/h15H,4-11H2,1-3H3,(H,16,17)/b13-12+. The molecule has 0 aromatic rings. The van der Waals surface area contributed by atoms with E-state index < -0.39 is 16.0 Å². The summed E-state index contributed by atoms with van der Waals surface area (Å²) in [5.74, 6) is -1.04. The number of rotatable bonds is 11. The van der Waals surface area contributed by atoms with Gasteiger partial charge in [-0.25, -0.2) is 13.2 Å². The Labute approximate surface area is 122 Å². The van der Waals surface area contributed by atoms with Crippen LogP contribution in [0, 0.1) is 0 Å². The van der Waals surface area contributed by atoms with Crippen LogP contribution in [0.2, 0.25) is 0 Å². The number of hydrogen-bond donors (Lipinski definition) is 2. The molecular formula is C14H27NO4S. The molecule has 0 heterocycles. The highest BCUT2D eigenvalue weighted by Gasteiger charge is 2.15. The molecule has 0 rings (SSSR count). The van der Waals surface area contributed by atoms with E-state index in [1.165, 1.54) is 19.8 Å². The fourth-order valence-corrected chi connectivity index (χ4v) is 3.21. The summed E-state index contributed by atoms with van der Waals surface area (Å²) in [6, 6.07) is 0. The van der Waals surface area contributed by atoms with Crippen LogP contribution in [0.4, 0.5) is 0 Å². The van der Waals surface area contributed by atoms with E-state index in [0.717, 1.165) is 19.3 Å². The Bertz CT molecular complexity index is 426. The first-order valence-corrected chi connectivity index (χ1v) is 8.92. The number of carboxylic acid groups (broad SMARTS) is 1. The fraction of sp³-hybridized carbons (Fsp3) is 0.786. The van der Waals surface area contributed by atoms with E-state index in [0.29, 0.717) is 12.8 Å². The van der Waals surface area contributed by atoms with Crippen LogP contribution in [0.3, 0.4) is 0 Å². The highest BCUT2D eigenvalue weighted by molar-refractivity contribution is 7.89. The molecule has 5 nitrogen and oxygen atoms in total. The predicted octanol–water partition coefficient (Wildman–Crippen LogP) is 3.03. The Kier molecular flexibility index (Phi) is 9.29. The summed E-state index contributed by atoms with van der Waals surface area (Å²) in [5.41, 5.74) is 0.322. The van der Waals surface area contributed by atoms with E-state index in [1.54, 1.807) is 6.92 Å². The number of allylic oxidation sites excluding steroid dienone is 1. The average Bonchev–Trinajstić information content (AvgIpc) is 2.39. The van der Waals surface area contributed by atoms with Crippen molar-refractivity contribution in [2.75, 3.05) is 5.75 Å². The van der Waals surface area contributed by atoms with Gasteiger partial charge in [-0.3, -0.25) is 4.72 Å². The minimum Gasteiger partial charge on any atom is -0.478 e. The molecule has 6 heteroatoms. The Balaban J connectivity index is 4.31. The molecular weight excluding hydrogens is 278 g/mol. The van der Waals surface area contributed by atoms with Crippen LogP contribution in [0.25, 0.3) is 0 Å². The predicted molar refractivity (Wildman–Crippen MR) is 80.9 cm³/mol. The van der Waals surface area contributed by atoms with Gasteiger partial charge in [0.2, 0.25) is 10.0 Å². The lowest BCUT2D eigenvalue weighted by Crippen LogP contribution is -2.27. The maximum atomic E-state index is 11.9. The maximum absolute atomic E-state index is 11.9. The van der Waals surface area contributed by atoms with Crippen molar-refractivity contribution in [2.45, 2.75) is 65.7 Å². The lowest BCUT2D eigenvalue weighted by molar-refractivity contribution is -0.132. The number of aliphatic carboxylic acids is 1. The molecule has 20 heavy (non-hydrogen) atoms. The average molecular weight is 305 g/mol. The Morgan fingerprint density at radius 3 is 2.10 bits per heavy atom. The number of hydrogen-bond acceptors (Lipinski definition) is 3. The van der Waals surface area contributed by atoms with Crippen molar-refractivity contribution >= 4 is 16.0 Å². The summed E-state index contributed by atoms with van der Waals surface area (Å²) >= 11 is 0. The van der Waals surface area contributed by atoms with Gasteiger partial charge < -0.3 is 5.11 Å². The van der Waals surface area contributed by atoms with E-state index in [4.69, 9.17) is 5.11 Å².